The van der Waals surface area contributed by atoms with Gasteiger partial charge in [0.25, 0.3) is 0 Å². The molecule has 168 valence electrons. The van der Waals surface area contributed by atoms with Crippen molar-refractivity contribution in [3.63, 3.8) is 0 Å². The summed E-state index contributed by atoms with van der Waals surface area (Å²) in [6.45, 7) is 6.87. The van der Waals surface area contributed by atoms with Crippen LogP contribution >= 0.6 is 11.6 Å². The van der Waals surface area contributed by atoms with E-state index in [2.05, 4.69) is 50.7 Å². The van der Waals surface area contributed by atoms with Gasteiger partial charge in [-0.25, -0.2) is 9.97 Å². The number of fused-ring (bicyclic) bond motifs is 3. The maximum Gasteiger partial charge on any atom is 0.226 e. The topological polar surface area (TPSA) is 65.1 Å². The SMILES string of the molecule is CC(C)CC1c2[nH]c3ccc(Cl)cc3c2CCN1C(=O)C1CCN(c2ncccn2)CC1. The van der Waals surface area contributed by atoms with E-state index >= 15 is 0 Å². The number of carbonyl (C=O) groups excluding carboxylic acids is 1. The number of aromatic nitrogens is 3. The Kier molecular flexibility index (Phi) is 5.80. The molecule has 1 amide bonds. The van der Waals surface area contributed by atoms with Crippen molar-refractivity contribution in [3.05, 3.63) is 52.9 Å². The second-order valence-electron chi connectivity index (χ2n) is 9.44. The van der Waals surface area contributed by atoms with Gasteiger partial charge in [0, 0.05) is 59.6 Å². The summed E-state index contributed by atoms with van der Waals surface area (Å²) in [5.74, 6) is 1.61. The zero-order valence-electron chi connectivity index (χ0n) is 18.7. The molecular formula is C25H30ClN5O. The summed E-state index contributed by atoms with van der Waals surface area (Å²) in [6, 6.07) is 7.95. The van der Waals surface area contributed by atoms with E-state index in [1.165, 1.54) is 16.6 Å². The summed E-state index contributed by atoms with van der Waals surface area (Å²) in [5, 5.41) is 1.96. The molecule has 1 atom stereocenters. The molecule has 0 bridgehead atoms. The maximum atomic E-state index is 13.7. The Balaban J connectivity index is 1.37. The first-order valence-electron chi connectivity index (χ1n) is 11.6. The number of H-pyrrole nitrogens is 1. The first-order valence-corrected chi connectivity index (χ1v) is 12.0. The Morgan fingerprint density at radius 3 is 2.66 bits per heavy atom. The Morgan fingerprint density at radius 1 is 1.19 bits per heavy atom. The van der Waals surface area contributed by atoms with Gasteiger partial charge in [-0.1, -0.05) is 25.4 Å². The standard InChI is InChI=1S/C25H30ClN5O/c1-16(2)14-22-23-19(20-15-18(26)4-5-21(20)29-23)8-13-31(22)24(32)17-6-11-30(12-7-17)25-27-9-3-10-28-25/h3-5,9-10,15-17,22,29H,6-8,11-14H2,1-2H3. The van der Waals surface area contributed by atoms with Crippen LogP contribution in [0.1, 0.15) is 50.4 Å². The number of carbonyl (C=O) groups is 1. The van der Waals surface area contributed by atoms with Gasteiger partial charge in [0.2, 0.25) is 11.9 Å². The van der Waals surface area contributed by atoms with Crippen molar-refractivity contribution in [2.75, 3.05) is 24.5 Å². The number of halogens is 1. The lowest BCUT2D eigenvalue weighted by Gasteiger charge is -2.40. The fraction of sp³-hybridized carbons (Fsp3) is 0.480. The van der Waals surface area contributed by atoms with E-state index in [-0.39, 0.29) is 12.0 Å². The lowest BCUT2D eigenvalue weighted by molar-refractivity contribution is -0.139. The highest BCUT2D eigenvalue weighted by Gasteiger charge is 2.37. The normalized spacial score (nSPS) is 19.6. The molecule has 3 aromatic rings. The first-order chi connectivity index (χ1) is 15.5. The number of anilines is 1. The van der Waals surface area contributed by atoms with Crippen LogP contribution < -0.4 is 4.90 Å². The zero-order valence-corrected chi connectivity index (χ0v) is 19.5. The number of hydrogen-bond donors (Lipinski definition) is 1. The summed E-state index contributed by atoms with van der Waals surface area (Å²) in [6.07, 6.45) is 7.06. The van der Waals surface area contributed by atoms with Crippen molar-refractivity contribution in [1.29, 1.82) is 0 Å². The number of aromatic amines is 1. The van der Waals surface area contributed by atoms with Gasteiger partial charge in [0.15, 0.2) is 0 Å². The number of nitrogens with one attached hydrogen (secondary N) is 1. The number of nitrogens with zero attached hydrogens (tertiary/aromatic N) is 4. The molecule has 1 unspecified atom stereocenters. The second-order valence-corrected chi connectivity index (χ2v) is 9.88. The number of piperidine rings is 1. The number of benzene rings is 1. The second kappa shape index (κ2) is 8.74. The van der Waals surface area contributed by atoms with Crippen molar-refractivity contribution in [3.8, 4) is 0 Å². The van der Waals surface area contributed by atoms with Gasteiger partial charge in [-0.3, -0.25) is 4.79 Å². The molecule has 7 heteroatoms. The monoisotopic (exact) mass is 451 g/mol. The molecule has 1 N–H and O–H groups in total. The Hall–Kier alpha value is -2.60. The minimum atomic E-state index is 0.0602. The number of rotatable bonds is 4. The maximum absolute atomic E-state index is 13.7. The summed E-state index contributed by atoms with van der Waals surface area (Å²) in [7, 11) is 0. The highest BCUT2D eigenvalue weighted by Crippen LogP contribution is 2.40. The molecule has 0 radical (unpaired) electrons. The van der Waals surface area contributed by atoms with E-state index in [0.29, 0.717) is 11.8 Å². The highest BCUT2D eigenvalue weighted by atomic mass is 35.5. The number of hydrogen-bond acceptors (Lipinski definition) is 4. The van der Waals surface area contributed by atoms with Crippen LogP contribution in [0.5, 0.6) is 0 Å². The van der Waals surface area contributed by atoms with Gasteiger partial charge < -0.3 is 14.8 Å². The third-order valence-electron chi connectivity index (χ3n) is 6.87. The predicted molar refractivity (Wildman–Crippen MR) is 128 cm³/mol. The van der Waals surface area contributed by atoms with Gasteiger partial charge in [-0.05, 0) is 61.4 Å². The average Bonchev–Trinajstić information content (AvgIpc) is 3.17. The molecule has 32 heavy (non-hydrogen) atoms. The quantitative estimate of drug-likeness (QED) is 0.606. The van der Waals surface area contributed by atoms with E-state index in [1.54, 1.807) is 12.4 Å². The lowest BCUT2D eigenvalue weighted by atomic mass is 9.88. The van der Waals surface area contributed by atoms with Crippen LogP contribution in [0.15, 0.2) is 36.7 Å². The van der Waals surface area contributed by atoms with Gasteiger partial charge in [0.05, 0.1) is 6.04 Å². The average molecular weight is 452 g/mol. The third-order valence-corrected chi connectivity index (χ3v) is 7.11. The molecule has 1 aromatic carbocycles. The van der Waals surface area contributed by atoms with Crippen LogP contribution in [0.25, 0.3) is 10.9 Å². The molecule has 0 saturated carbocycles. The summed E-state index contributed by atoms with van der Waals surface area (Å²) in [5.41, 5.74) is 3.64. The fourth-order valence-corrected chi connectivity index (χ4v) is 5.48. The number of amides is 1. The van der Waals surface area contributed by atoms with E-state index in [1.807, 2.05) is 12.1 Å². The summed E-state index contributed by atoms with van der Waals surface area (Å²) < 4.78 is 0. The van der Waals surface area contributed by atoms with Gasteiger partial charge >= 0.3 is 0 Å². The van der Waals surface area contributed by atoms with Crippen molar-refractivity contribution in [1.82, 2.24) is 19.9 Å². The predicted octanol–water partition coefficient (Wildman–Crippen LogP) is 5.00. The summed E-state index contributed by atoms with van der Waals surface area (Å²) in [4.78, 5) is 30.4. The van der Waals surface area contributed by atoms with Gasteiger partial charge in [-0.15, -0.1) is 0 Å². The van der Waals surface area contributed by atoms with Crippen LogP contribution in [-0.4, -0.2) is 45.4 Å². The molecule has 1 saturated heterocycles. The first kappa shape index (κ1) is 21.3. The smallest absolute Gasteiger partial charge is 0.226 e. The van der Waals surface area contributed by atoms with E-state index < -0.39 is 0 Å². The lowest BCUT2D eigenvalue weighted by Crippen LogP contribution is -2.47. The van der Waals surface area contributed by atoms with Crippen molar-refractivity contribution < 1.29 is 4.79 Å². The van der Waals surface area contributed by atoms with Crippen LogP contribution in [-0.2, 0) is 11.2 Å². The highest BCUT2D eigenvalue weighted by molar-refractivity contribution is 6.31. The van der Waals surface area contributed by atoms with Crippen LogP contribution in [0, 0.1) is 11.8 Å². The zero-order chi connectivity index (χ0) is 22.2. The van der Waals surface area contributed by atoms with E-state index in [0.717, 1.165) is 61.8 Å². The largest absolute Gasteiger partial charge is 0.356 e. The molecule has 1 fully saturated rings. The van der Waals surface area contributed by atoms with Crippen molar-refractivity contribution in [2.24, 2.45) is 11.8 Å². The van der Waals surface area contributed by atoms with Crippen molar-refractivity contribution in [2.45, 2.75) is 45.6 Å². The Bertz CT molecular complexity index is 1100. The molecule has 6 nitrogen and oxygen atoms in total. The molecule has 2 aliphatic rings. The molecule has 4 heterocycles. The Morgan fingerprint density at radius 2 is 1.94 bits per heavy atom. The minimum Gasteiger partial charge on any atom is -0.356 e. The minimum absolute atomic E-state index is 0.0602. The third kappa shape index (κ3) is 3.96. The fourth-order valence-electron chi connectivity index (χ4n) is 5.31. The molecule has 5 rings (SSSR count). The van der Waals surface area contributed by atoms with Crippen LogP contribution in [0.4, 0.5) is 5.95 Å². The van der Waals surface area contributed by atoms with Crippen LogP contribution in [0.3, 0.4) is 0 Å². The molecule has 0 aliphatic carbocycles. The molecule has 2 aromatic heterocycles. The molecule has 0 spiro atoms. The molecular weight excluding hydrogens is 422 g/mol. The van der Waals surface area contributed by atoms with E-state index in [9.17, 15) is 4.79 Å². The Labute approximate surface area is 194 Å². The van der Waals surface area contributed by atoms with Gasteiger partial charge in [0.1, 0.15) is 0 Å². The molecule has 2 aliphatic heterocycles. The summed E-state index contributed by atoms with van der Waals surface area (Å²) >= 11 is 6.28. The van der Waals surface area contributed by atoms with E-state index in [4.69, 9.17) is 11.6 Å². The van der Waals surface area contributed by atoms with Gasteiger partial charge in [-0.2, -0.15) is 0 Å². The van der Waals surface area contributed by atoms with Crippen molar-refractivity contribution >= 4 is 34.4 Å². The van der Waals surface area contributed by atoms with Crippen LogP contribution in [0.2, 0.25) is 5.02 Å².